The highest BCUT2D eigenvalue weighted by Gasteiger charge is 2.10. The van der Waals surface area contributed by atoms with Gasteiger partial charge in [0.1, 0.15) is 5.82 Å². The van der Waals surface area contributed by atoms with Crippen LogP contribution in [-0.4, -0.2) is 5.78 Å². The Balaban J connectivity index is 2.24. The van der Waals surface area contributed by atoms with Crippen LogP contribution in [0.5, 0.6) is 0 Å². The Kier molecular flexibility index (Phi) is 3.56. The minimum Gasteiger partial charge on any atom is -0.294 e. The summed E-state index contributed by atoms with van der Waals surface area (Å²) < 4.78 is 13.1. The van der Waals surface area contributed by atoms with Crippen molar-refractivity contribution in [3.8, 4) is 0 Å². The summed E-state index contributed by atoms with van der Waals surface area (Å²) in [5, 5.41) is 0. The van der Waals surface area contributed by atoms with Crippen molar-refractivity contribution >= 4 is 5.78 Å². The largest absolute Gasteiger partial charge is 0.294 e. The lowest BCUT2D eigenvalue weighted by Gasteiger charge is -2.06. The molecule has 0 aliphatic rings. The number of carbonyl (C=O) groups is 1. The van der Waals surface area contributed by atoms with Crippen LogP contribution in [0.2, 0.25) is 0 Å². The molecule has 0 radical (unpaired) electrons. The molecule has 0 bridgehead atoms. The van der Waals surface area contributed by atoms with Gasteiger partial charge in [0.2, 0.25) is 0 Å². The Morgan fingerprint density at radius 1 is 1.11 bits per heavy atom. The number of rotatable bonds is 3. The molecule has 0 spiro atoms. The van der Waals surface area contributed by atoms with Crippen LogP contribution in [0.1, 0.15) is 27.0 Å². The van der Waals surface area contributed by atoms with Gasteiger partial charge in [-0.25, -0.2) is 4.39 Å². The molecular weight excluding hydrogens is 227 g/mol. The highest BCUT2D eigenvalue weighted by atomic mass is 19.1. The average molecular weight is 242 g/mol. The van der Waals surface area contributed by atoms with E-state index in [4.69, 9.17) is 0 Å². The molecule has 2 aromatic rings. The van der Waals surface area contributed by atoms with E-state index in [1.165, 1.54) is 12.1 Å². The molecule has 0 amide bonds. The van der Waals surface area contributed by atoms with Crippen LogP contribution in [0.15, 0.2) is 42.5 Å². The second-order valence-electron chi connectivity index (χ2n) is 4.55. The Morgan fingerprint density at radius 2 is 1.89 bits per heavy atom. The van der Waals surface area contributed by atoms with E-state index in [9.17, 15) is 9.18 Å². The molecule has 1 nitrogen and oxygen atoms in total. The fraction of sp³-hybridized carbons (Fsp3) is 0.188. The lowest BCUT2D eigenvalue weighted by atomic mass is 9.97. The molecule has 2 heteroatoms. The summed E-state index contributed by atoms with van der Waals surface area (Å²) in [5.74, 6) is -0.275. The molecule has 0 aliphatic carbocycles. The molecule has 92 valence electrons. The van der Waals surface area contributed by atoms with Gasteiger partial charge in [-0.1, -0.05) is 29.8 Å². The van der Waals surface area contributed by atoms with E-state index >= 15 is 0 Å². The third kappa shape index (κ3) is 2.83. The van der Waals surface area contributed by atoms with E-state index in [0.29, 0.717) is 5.56 Å². The molecule has 0 aliphatic heterocycles. The van der Waals surface area contributed by atoms with Gasteiger partial charge in [-0.3, -0.25) is 4.79 Å². The van der Waals surface area contributed by atoms with Gasteiger partial charge in [0.05, 0.1) is 0 Å². The normalized spacial score (nSPS) is 10.4. The zero-order chi connectivity index (χ0) is 13.1. The van der Waals surface area contributed by atoms with Gasteiger partial charge >= 0.3 is 0 Å². The van der Waals surface area contributed by atoms with Crippen molar-refractivity contribution in [2.75, 3.05) is 0 Å². The molecule has 0 saturated heterocycles. The summed E-state index contributed by atoms with van der Waals surface area (Å²) in [4.78, 5) is 12.2. The molecule has 0 saturated carbocycles. The molecule has 2 aromatic carbocycles. The van der Waals surface area contributed by atoms with Crippen molar-refractivity contribution in [1.82, 2.24) is 0 Å². The van der Waals surface area contributed by atoms with Crippen LogP contribution in [0.3, 0.4) is 0 Å². The summed E-state index contributed by atoms with van der Waals surface area (Å²) in [6.45, 7) is 3.87. The Labute approximate surface area is 106 Å². The summed E-state index contributed by atoms with van der Waals surface area (Å²) in [5.41, 5.74) is 3.45. The van der Waals surface area contributed by atoms with Crippen LogP contribution in [0, 0.1) is 19.7 Å². The van der Waals surface area contributed by atoms with Crippen molar-refractivity contribution in [2.45, 2.75) is 20.3 Å². The molecule has 0 aromatic heterocycles. The molecule has 0 heterocycles. The van der Waals surface area contributed by atoms with E-state index in [-0.39, 0.29) is 18.0 Å². The topological polar surface area (TPSA) is 17.1 Å². The van der Waals surface area contributed by atoms with Gasteiger partial charge in [0.25, 0.3) is 0 Å². The first kappa shape index (κ1) is 12.5. The second-order valence-corrected chi connectivity index (χ2v) is 4.55. The Bertz CT molecular complexity index is 587. The van der Waals surface area contributed by atoms with Crippen LogP contribution in [0.25, 0.3) is 0 Å². The van der Waals surface area contributed by atoms with E-state index < -0.39 is 0 Å². The van der Waals surface area contributed by atoms with Crippen molar-refractivity contribution in [2.24, 2.45) is 0 Å². The van der Waals surface area contributed by atoms with Crippen LogP contribution >= 0.6 is 0 Å². The number of benzene rings is 2. The number of halogens is 1. The SMILES string of the molecule is Cc1ccc(C)c(C(=O)Cc2cccc(F)c2)c1. The maximum Gasteiger partial charge on any atom is 0.167 e. The standard InChI is InChI=1S/C16H15FO/c1-11-6-7-12(2)15(8-11)16(18)10-13-4-3-5-14(17)9-13/h3-9H,10H2,1-2H3. The highest BCUT2D eigenvalue weighted by Crippen LogP contribution is 2.14. The lowest BCUT2D eigenvalue weighted by molar-refractivity contribution is 0.0992. The van der Waals surface area contributed by atoms with Crippen molar-refractivity contribution in [3.63, 3.8) is 0 Å². The number of ketones is 1. The maximum atomic E-state index is 13.1. The first-order valence-electron chi connectivity index (χ1n) is 5.91. The van der Waals surface area contributed by atoms with E-state index in [0.717, 1.165) is 16.7 Å². The minimum absolute atomic E-state index is 0.0294. The fourth-order valence-corrected chi connectivity index (χ4v) is 1.96. The van der Waals surface area contributed by atoms with Crippen molar-refractivity contribution in [3.05, 3.63) is 70.5 Å². The van der Waals surface area contributed by atoms with E-state index in [1.54, 1.807) is 12.1 Å². The Hall–Kier alpha value is -1.96. The van der Waals surface area contributed by atoms with Crippen molar-refractivity contribution in [1.29, 1.82) is 0 Å². The van der Waals surface area contributed by atoms with Gasteiger partial charge in [0, 0.05) is 12.0 Å². The van der Waals surface area contributed by atoms with E-state index in [2.05, 4.69) is 0 Å². The number of Topliss-reactive ketones (excluding diaryl/α,β-unsaturated/α-hetero) is 1. The minimum atomic E-state index is -0.304. The average Bonchev–Trinajstić information content (AvgIpc) is 2.32. The second kappa shape index (κ2) is 5.13. The van der Waals surface area contributed by atoms with Gasteiger partial charge in [-0.2, -0.15) is 0 Å². The van der Waals surface area contributed by atoms with Crippen LogP contribution < -0.4 is 0 Å². The molecule has 0 fully saturated rings. The molecule has 2 rings (SSSR count). The first-order chi connectivity index (χ1) is 8.56. The first-order valence-corrected chi connectivity index (χ1v) is 5.91. The molecule has 0 N–H and O–H groups in total. The number of hydrogen-bond donors (Lipinski definition) is 0. The van der Waals surface area contributed by atoms with Gasteiger partial charge < -0.3 is 0 Å². The zero-order valence-electron chi connectivity index (χ0n) is 10.5. The monoisotopic (exact) mass is 242 g/mol. The number of carbonyl (C=O) groups excluding carboxylic acids is 1. The summed E-state index contributed by atoms with van der Waals surface area (Å²) in [6.07, 6.45) is 0.238. The molecular formula is C16H15FO. The van der Waals surface area contributed by atoms with Gasteiger partial charge in [-0.15, -0.1) is 0 Å². The highest BCUT2D eigenvalue weighted by molar-refractivity contribution is 5.98. The lowest BCUT2D eigenvalue weighted by Crippen LogP contribution is -2.06. The summed E-state index contributed by atoms with van der Waals surface area (Å²) >= 11 is 0. The van der Waals surface area contributed by atoms with Gasteiger partial charge in [-0.05, 0) is 43.2 Å². The number of aryl methyl sites for hydroxylation is 2. The predicted molar refractivity (Wildman–Crippen MR) is 70.4 cm³/mol. The van der Waals surface area contributed by atoms with Crippen LogP contribution in [-0.2, 0) is 6.42 Å². The molecule has 0 atom stereocenters. The Morgan fingerprint density at radius 3 is 2.61 bits per heavy atom. The summed E-state index contributed by atoms with van der Waals surface area (Å²) in [6, 6.07) is 12.0. The van der Waals surface area contributed by atoms with Crippen LogP contribution in [0.4, 0.5) is 4.39 Å². The third-order valence-corrected chi connectivity index (χ3v) is 2.95. The maximum absolute atomic E-state index is 13.1. The smallest absolute Gasteiger partial charge is 0.167 e. The zero-order valence-corrected chi connectivity index (χ0v) is 10.5. The predicted octanol–water partition coefficient (Wildman–Crippen LogP) is 3.87. The quantitative estimate of drug-likeness (QED) is 0.747. The third-order valence-electron chi connectivity index (χ3n) is 2.95. The fourth-order valence-electron chi connectivity index (χ4n) is 1.96. The number of hydrogen-bond acceptors (Lipinski definition) is 1. The van der Waals surface area contributed by atoms with Crippen molar-refractivity contribution < 1.29 is 9.18 Å². The van der Waals surface area contributed by atoms with E-state index in [1.807, 2.05) is 32.0 Å². The molecule has 18 heavy (non-hydrogen) atoms. The molecule has 0 unspecified atom stereocenters. The van der Waals surface area contributed by atoms with Gasteiger partial charge in [0.15, 0.2) is 5.78 Å². The summed E-state index contributed by atoms with van der Waals surface area (Å²) in [7, 11) is 0.